The van der Waals surface area contributed by atoms with Gasteiger partial charge in [0.1, 0.15) is 5.75 Å². The highest BCUT2D eigenvalue weighted by molar-refractivity contribution is 7.80. The van der Waals surface area contributed by atoms with Crippen molar-refractivity contribution >= 4 is 42.4 Å². The fourth-order valence-corrected chi connectivity index (χ4v) is 11.8. The van der Waals surface area contributed by atoms with E-state index in [2.05, 4.69) is 146 Å². The van der Waals surface area contributed by atoms with Gasteiger partial charge in [-0.25, -0.2) is 0 Å². The second-order valence-corrected chi connectivity index (χ2v) is 15.0. The van der Waals surface area contributed by atoms with Crippen LogP contribution >= 0.6 is 15.8 Å². The van der Waals surface area contributed by atoms with E-state index in [4.69, 9.17) is 9.47 Å². The monoisotopic (exact) mass is 586 g/mol. The maximum absolute atomic E-state index is 6.28. The second kappa shape index (κ2) is 13.5. The Morgan fingerprint density at radius 1 is 0.548 bits per heavy atom. The van der Waals surface area contributed by atoms with Gasteiger partial charge in [0.25, 0.3) is 0 Å². The lowest BCUT2D eigenvalue weighted by molar-refractivity contribution is 0.250. The van der Waals surface area contributed by atoms with Crippen LogP contribution in [0.15, 0.2) is 151 Å². The summed E-state index contributed by atoms with van der Waals surface area (Å²) in [4.78, 5) is 0. The molecule has 0 aromatic heterocycles. The number of ether oxygens (including phenoxy) is 2. The van der Waals surface area contributed by atoms with Crippen molar-refractivity contribution in [2.75, 3.05) is 14.2 Å². The minimum Gasteiger partial charge on any atom is -0.501 e. The molecule has 1 aliphatic rings. The lowest BCUT2D eigenvalue weighted by Gasteiger charge is -2.40. The molecule has 0 saturated heterocycles. The Morgan fingerprint density at radius 2 is 1.05 bits per heavy atom. The molecule has 6 rings (SSSR count). The molecule has 210 valence electrons. The standard InChI is InChI=1S/C38H36O2P2/c1-39-33-25-15-27-35(41(29-17-7-3-8-18-29)30-19-9-4-10-20-30)37(33)38-34(40-2)26-16-28-36(38)42(31-21-11-5-12-22-31)32-23-13-6-14-24-32/h3-15,17-27,36,38H,16,28H2,1-2H3. The first-order chi connectivity index (χ1) is 20.8. The molecule has 0 saturated carbocycles. The van der Waals surface area contributed by atoms with Crippen molar-refractivity contribution < 1.29 is 9.47 Å². The number of hydrogen-bond donors (Lipinski definition) is 0. The fraction of sp³-hybridized carbons (Fsp3) is 0.158. The normalized spacial score (nSPS) is 16.7. The molecular weight excluding hydrogens is 550 g/mol. The van der Waals surface area contributed by atoms with Crippen LogP contribution in [0.5, 0.6) is 5.75 Å². The molecule has 2 atom stereocenters. The van der Waals surface area contributed by atoms with Crippen LogP contribution in [0.3, 0.4) is 0 Å². The molecule has 42 heavy (non-hydrogen) atoms. The van der Waals surface area contributed by atoms with Crippen LogP contribution in [-0.4, -0.2) is 19.9 Å². The number of rotatable bonds is 9. The third-order valence-corrected chi connectivity index (χ3v) is 13.4. The van der Waals surface area contributed by atoms with E-state index in [1.54, 1.807) is 7.11 Å². The van der Waals surface area contributed by atoms with Crippen molar-refractivity contribution in [2.24, 2.45) is 0 Å². The van der Waals surface area contributed by atoms with Gasteiger partial charge in [-0.3, -0.25) is 0 Å². The van der Waals surface area contributed by atoms with Gasteiger partial charge < -0.3 is 9.47 Å². The molecule has 5 aromatic carbocycles. The molecule has 0 N–H and O–H groups in total. The van der Waals surface area contributed by atoms with E-state index in [0.29, 0.717) is 5.66 Å². The average molecular weight is 587 g/mol. The number of methoxy groups -OCH3 is 2. The highest BCUT2D eigenvalue weighted by Crippen LogP contribution is 2.55. The molecule has 2 nitrogen and oxygen atoms in total. The van der Waals surface area contributed by atoms with E-state index in [0.717, 1.165) is 24.4 Å². The Labute approximate surface area is 252 Å². The maximum Gasteiger partial charge on any atom is 0.123 e. The van der Waals surface area contributed by atoms with E-state index in [9.17, 15) is 0 Å². The first-order valence-electron chi connectivity index (χ1n) is 14.5. The summed E-state index contributed by atoms with van der Waals surface area (Å²) in [7, 11) is 2.11. The van der Waals surface area contributed by atoms with Gasteiger partial charge in [0.15, 0.2) is 0 Å². The van der Waals surface area contributed by atoms with Gasteiger partial charge in [0.2, 0.25) is 0 Å². The zero-order valence-electron chi connectivity index (χ0n) is 24.1. The lowest BCUT2D eigenvalue weighted by Crippen LogP contribution is -2.34. The predicted molar refractivity (Wildman–Crippen MR) is 182 cm³/mol. The zero-order valence-corrected chi connectivity index (χ0v) is 25.9. The number of hydrogen-bond acceptors (Lipinski definition) is 2. The van der Waals surface area contributed by atoms with E-state index in [-0.39, 0.29) is 5.92 Å². The van der Waals surface area contributed by atoms with E-state index in [1.165, 1.54) is 32.1 Å². The molecule has 0 bridgehead atoms. The minimum absolute atomic E-state index is 0.0545. The largest absolute Gasteiger partial charge is 0.501 e. The van der Waals surface area contributed by atoms with Gasteiger partial charge >= 0.3 is 0 Å². The summed E-state index contributed by atoms with van der Waals surface area (Å²) in [5, 5.41) is 6.79. The molecule has 0 fully saturated rings. The van der Waals surface area contributed by atoms with Crippen LogP contribution in [0.4, 0.5) is 0 Å². The topological polar surface area (TPSA) is 18.5 Å². The van der Waals surface area contributed by atoms with Crippen LogP contribution in [0.25, 0.3) is 0 Å². The number of benzene rings is 5. The SMILES string of the molecule is COC1=CCCC(P(c2ccccc2)c2ccccc2)C1c1c(OC)cccc1P(c1ccccc1)c1ccccc1. The Morgan fingerprint density at radius 3 is 1.52 bits per heavy atom. The number of allylic oxidation sites excluding steroid dienone is 2. The van der Waals surface area contributed by atoms with Crippen LogP contribution in [0.2, 0.25) is 0 Å². The first kappa shape index (κ1) is 28.4. The lowest BCUT2D eigenvalue weighted by atomic mass is 9.86. The van der Waals surface area contributed by atoms with Gasteiger partial charge in [-0.2, -0.15) is 0 Å². The van der Waals surface area contributed by atoms with Crippen molar-refractivity contribution in [1.29, 1.82) is 0 Å². The Hall–Kier alpha value is -3.70. The summed E-state index contributed by atoms with van der Waals surface area (Å²) in [6.07, 6.45) is 4.40. The van der Waals surface area contributed by atoms with Crippen molar-refractivity contribution in [3.63, 3.8) is 0 Å². The average Bonchev–Trinajstić information content (AvgIpc) is 3.07. The first-order valence-corrected chi connectivity index (χ1v) is 17.3. The molecule has 0 radical (unpaired) electrons. The summed E-state index contributed by atoms with van der Waals surface area (Å²) >= 11 is 0. The van der Waals surface area contributed by atoms with Gasteiger partial charge in [-0.1, -0.05) is 133 Å². The van der Waals surface area contributed by atoms with Crippen molar-refractivity contribution in [1.82, 2.24) is 0 Å². The van der Waals surface area contributed by atoms with Crippen LogP contribution in [-0.2, 0) is 4.74 Å². The Balaban J connectivity index is 1.60. The maximum atomic E-state index is 6.28. The van der Waals surface area contributed by atoms with Crippen LogP contribution < -0.4 is 31.3 Å². The summed E-state index contributed by atoms with van der Waals surface area (Å²) in [6, 6.07) is 50.7. The van der Waals surface area contributed by atoms with E-state index in [1.807, 2.05) is 7.11 Å². The third-order valence-electron chi connectivity index (χ3n) is 7.98. The van der Waals surface area contributed by atoms with Gasteiger partial charge in [0.05, 0.1) is 25.9 Å². The Bertz CT molecular complexity index is 1530. The van der Waals surface area contributed by atoms with Crippen LogP contribution in [0, 0.1) is 0 Å². The summed E-state index contributed by atoms with van der Waals surface area (Å²) in [5.41, 5.74) is 1.60. The second-order valence-electron chi connectivity index (χ2n) is 10.4. The summed E-state index contributed by atoms with van der Waals surface area (Å²) < 4.78 is 12.5. The smallest absolute Gasteiger partial charge is 0.123 e. The highest BCUT2D eigenvalue weighted by atomic mass is 31.1. The minimum atomic E-state index is -0.840. The third kappa shape index (κ3) is 5.80. The molecule has 0 heterocycles. The molecule has 2 unspecified atom stereocenters. The van der Waals surface area contributed by atoms with E-state index < -0.39 is 15.8 Å². The molecule has 1 aliphatic carbocycles. The molecule has 5 aromatic rings. The van der Waals surface area contributed by atoms with Crippen molar-refractivity contribution in [3.05, 3.63) is 157 Å². The van der Waals surface area contributed by atoms with Crippen molar-refractivity contribution in [3.8, 4) is 5.75 Å². The van der Waals surface area contributed by atoms with Gasteiger partial charge in [-0.05, 0) is 67.3 Å². The summed E-state index contributed by atoms with van der Waals surface area (Å²) in [6.45, 7) is 0. The van der Waals surface area contributed by atoms with Crippen molar-refractivity contribution in [2.45, 2.75) is 24.4 Å². The quantitative estimate of drug-likeness (QED) is 0.168. The molecule has 0 amide bonds. The molecule has 0 aliphatic heterocycles. The summed E-state index contributed by atoms with van der Waals surface area (Å²) in [5.74, 6) is 2.04. The molecular formula is C38H36O2P2. The van der Waals surface area contributed by atoms with E-state index >= 15 is 0 Å². The Kier molecular flexibility index (Phi) is 9.15. The fourth-order valence-electron chi connectivity index (χ4n) is 6.21. The van der Waals surface area contributed by atoms with Crippen LogP contribution in [0.1, 0.15) is 24.3 Å². The zero-order chi connectivity index (χ0) is 28.7. The molecule has 0 spiro atoms. The molecule has 4 heteroatoms. The highest BCUT2D eigenvalue weighted by Gasteiger charge is 2.41. The van der Waals surface area contributed by atoms with Gasteiger partial charge in [0, 0.05) is 11.2 Å². The van der Waals surface area contributed by atoms with Gasteiger partial charge in [-0.15, -0.1) is 0 Å². The predicted octanol–water partition coefficient (Wildman–Crippen LogP) is 7.36.